The average molecular weight is 426 g/mol. The van der Waals surface area contributed by atoms with Crippen LogP contribution in [0, 0.1) is 18.6 Å². The number of fused-ring (bicyclic) bond motifs is 1. The third-order valence-electron chi connectivity index (χ3n) is 4.57. The molecule has 0 atom stereocenters. The van der Waals surface area contributed by atoms with E-state index in [1.165, 1.54) is 22.7 Å². The fraction of sp³-hybridized carbons (Fsp3) is 0.143. The van der Waals surface area contributed by atoms with Crippen molar-refractivity contribution in [3.05, 3.63) is 97.9 Å². The van der Waals surface area contributed by atoms with Gasteiger partial charge in [-0.2, -0.15) is 10.1 Å². The van der Waals surface area contributed by atoms with E-state index in [1.807, 2.05) is 0 Å². The van der Waals surface area contributed by atoms with Crippen LogP contribution in [0.15, 0.2) is 53.3 Å². The number of nitrogens with one attached hydrogen (secondary N) is 1. The lowest BCUT2D eigenvalue weighted by Crippen LogP contribution is -2.23. The molecule has 0 aliphatic heterocycles. The van der Waals surface area contributed by atoms with Gasteiger partial charge in [-0.1, -0.05) is 41.7 Å². The summed E-state index contributed by atoms with van der Waals surface area (Å²) in [6.45, 7) is 1.73. The molecule has 152 valence electrons. The van der Waals surface area contributed by atoms with E-state index in [0.29, 0.717) is 16.1 Å². The monoisotopic (exact) mass is 426 g/mol. The van der Waals surface area contributed by atoms with Crippen LogP contribution in [0.1, 0.15) is 32.2 Å². The van der Waals surface area contributed by atoms with Gasteiger partial charge in [0.1, 0.15) is 22.2 Å². The molecule has 0 aliphatic rings. The Hall–Kier alpha value is -3.46. The Morgan fingerprint density at radius 3 is 2.60 bits per heavy atom. The van der Waals surface area contributed by atoms with Crippen LogP contribution in [0.25, 0.3) is 4.96 Å². The van der Waals surface area contributed by atoms with E-state index in [4.69, 9.17) is 0 Å². The third-order valence-corrected chi connectivity index (χ3v) is 5.71. The molecule has 0 saturated carbocycles. The SMILES string of the molecule is Cc1c(C(=O)NCc2ccccc2F)sc2nc(=O)c(Cc3ccc(F)cc3)nn12. The summed E-state index contributed by atoms with van der Waals surface area (Å²) in [6, 6.07) is 12.0. The average Bonchev–Trinajstić information content (AvgIpc) is 3.05. The maximum absolute atomic E-state index is 13.8. The van der Waals surface area contributed by atoms with E-state index in [2.05, 4.69) is 15.4 Å². The molecule has 0 aliphatic carbocycles. The second-order valence-electron chi connectivity index (χ2n) is 6.65. The molecule has 0 spiro atoms. The molecule has 2 heterocycles. The highest BCUT2D eigenvalue weighted by molar-refractivity contribution is 7.19. The summed E-state index contributed by atoms with van der Waals surface area (Å²) in [5.41, 5.74) is 1.31. The molecule has 0 saturated heterocycles. The van der Waals surface area contributed by atoms with Gasteiger partial charge < -0.3 is 5.32 Å². The third kappa shape index (κ3) is 3.97. The van der Waals surface area contributed by atoms with Crippen molar-refractivity contribution < 1.29 is 13.6 Å². The van der Waals surface area contributed by atoms with Crippen LogP contribution in [-0.2, 0) is 13.0 Å². The zero-order chi connectivity index (χ0) is 21.3. The van der Waals surface area contributed by atoms with Crippen molar-refractivity contribution in [1.82, 2.24) is 19.9 Å². The molecule has 30 heavy (non-hydrogen) atoms. The number of rotatable bonds is 5. The number of nitrogens with zero attached hydrogens (tertiary/aromatic N) is 3. The van der Waals surface area contributed by atoms with Crippen molar-refractivity contribution in [2.75, 3.05) is 0 Å². The smallest absolute Gasteiger partial charge is 0.296 e. The molecule has 9 heteroatoms. The second kappa shape index (κ2) is 8.11. The number of benzene rings is 2. The molecule has 1 amide bonds. The zero-order valence-electron chi connectivity index (χ0n) is 15.9. The number of carbonyl (C=O) groups excluding carboxylic acids is 1. The minimum Gasteiger partial charge on any atom is -0.347 e. The molecule has 4 aromatic rings. The van der Waals surface area contributed by atoms with E-state index in [0.717, 1.165) is 16.9 Å². The Morgan fingerprint density at radius 1 is 1.13 bits per heavy atom. The van der Waals surface area contributed by atoms with Crippen LogP contribution in [0.4, 0.5) is 8.78 Å². The first-order valence-corrected chi connectivity index (χ1v) is 9.89. The fourth-order valence-corrected chi connectivity index (χ4v) is 3.94. The number of thiazole rings is 1. The molecular weight excluding hydrogens is 410 g/mol. The van der Waals surface area contributed by atoms with Crippen LogP contribution in [0.3, 0.4) is 0 Å². The number of carbonyl (C=O) groups is 1. The van der Waals surface area contributed by atoms with Crippen molar-refractivity contribution in [2.45, 2.75) is 19.9 Å². The summed E-state index contributed by atoms with van der Waals surface area (Å²) >= 11 is 1.04. The van der Waals surface area contributed by atoms with Crippen molar-refractivity contribution in [3.63, 3.8) is 0 Å². The van der Waals surface area contributed by atoms with Crippen molar-refractivity contribution in [2.24, 2.45) is 0 Å². The van der Waals surface area contributed by atoms with E-state index >= 15 is 0 Å². The number of aromatic nitrogens is 3. The van der Waals surface area contributed by atoms with Crippen LogP contribution in [0.2, 0.25) is 0 Å². The molecule has 2 aromatic carbocycles. The van der Waals surface area contributed by atoms with E-state index in [1.54, 1.807) is 37.3 Å². The van der Waals surface area contributed by atoms with Gasteiger partial charge in [0.15, 0.2) is 0 Å². The number of aryl methyl sites for hydroxylation is 1. The molecule has 2 aromatic heterocycles. The topological polar surface area (TPSA) is 76.4 Å². The van der Waals surface area contributed by atoms with Gasteiger partial charge in [0, 0.05) is 18.5 Å². The first-order chi connectivity index (χ1) is 14.4. The fourth-order valence-electron chi connectivity index (χ4n) is 2.97. The lowest BCUT2D eigenvalue weighted by Gasteiger charge is -2.05. The van der Waals surface area contributed by atoms with E-state index in [9.17, 15) is 18.4 Å². The van der Waals surface area contributed by atoms with Crippen LogP contribution >= 0.6 is 11.3 Å². The summed E-state index contributed by atoms with van der Waals surface area (Å²) in [4.78, 5) is 29.6. The number of halogens is 2. The highest BCUT2D eigenvalue weighted by atomic mass is 32.1. The molecule has 1 N–H and O–H groups in total. The van der Waals surface area contributed by atoms with Crippen molar-refractivity contribution in [3.8, 4) is 0 Å². The second-order valence-corrected chi connectivity index (χ2v) is 7.63. The summed E-state index contributed by atoms with van der Waals surface area (Å²) in [7, 11) is 0. The summed E-state index contributed by atoms with van der Waals surface area (Å²) in [6.07, 6.45) is 0.194. The Labute approximate surface area is 173 Å². The maximum Gasteiger partial charge on any atom is 0.296 e. The van der Waals surface area contributed by atoms with E-state index in [-0.39, 0.29) is 29.4 Å². The largest absolute Gasteiger partial charge is 0.347 e. The molecule has 0 radical (unpaired) electrons. The van der Waals surface area contributed by atoms with Crippen LogP contribution in [-0.4, -0.2) is 20.5 Å². The van der Waals surface area contributed by atoms with Crippen molar-refractivity contribution >= 4 is 22.2 Å². The quantitative estimate of drug-likeness (QED) is 0.532. The molecule has 0 fully saturated rings. The Bertz CT molecular complexity index is 1300. The highest BCUT2D eigenvalue weighted by Crippen LogP contribution is 2.20. The van der Waals surface area contributed by atoms with Crippen LogP contribution < -0.4 is 10.9 Å². The van der Waals surface area contributed by atoms with Gasteiger partial charge >= 0.3 is 0 Å². The summed E-state index contributed by atoms with van der Waals surface area (Å²) < 4.78 is 28.3. The van der Waals surface area contributed by atoms with Gasteiger partial charge in [-0.15, -0.1) is 0 Å². The summed E-state index contributed by atoms with van der Waals surface area (Å²) in [5.74, 6) is -1.16. The van der Waals surface area contributed by atoms with Crippen LogP contribution in [0.5, 0.6) is 0 Å². The number of hydrogen-bond donors (Lipinski definition) is 1. The van der Waals surface area contributed by atoms with E-state index < -0.39 is 17.3 Å². The minimum absolute atomic E-state index is 0.0351. The minimum atomic E-state index is -0.501. The lowest BCUT2D eigenvalue weighted by atomic mass is 10.1. The van der Waals surface area contributed by atoms with Gasteiger partial charge in [-0.25, -0.2) is 13.3 Å². The lowest BCUT2D eigenvalue weighted by molar-refractivity contribution is 0.0953. The summed E-state index contributed by atoms with van der Waals surface area (Å²) in [5, 5.41) is 7.03. The van der Waals surface area contributed by atoms with Gasteiger partial charge in [-0.05, 0) is 30.7 Å². The first-order valence-electron chi connectivity index (χ1n) is 9.08. The van der Waals surface area contributed by atoms with Gasteiger partial charge in [0.05, 0.1) is 5.69 Å². The molecule has 0 unspecified atom stereocenters. The number of hydrogen-bond acceptors (Lipinski definition) is 5. The predicted molar refractivity (Wildman–Crippen MR) is 109 cm³/mol. The molecule has 6 nitrogen and oxygen atoms in total. The Morgan fingerprint density at radius 2 is 1.87 bits per heavy atom. The standard InChI is InChI=1S/C21H16F2N4O2S/c1-12-18(20(29)24-11-14-4-2-3-5-16(14)23)30-21-25-19(28)17(26-27(12)21)10-13-6-8-15(22)9-7-13/h2-9H,10-11H2,1H3,(H,24,29). The number of amides is 1. The van der Waals surface area contributed by atoms with Gasteiger partial charge in [0.2, 0.25) is 4.96 Å². The normalized spacial score (nSPS) is 11.0. The molecule has 4 rings (SSSR count). The predicted octanol–water partition coefficient (Wildman–Crippen LogP) is 3.26. The Kier molecular flexibility index (Phi) is 5.37. The molecular formula is C21H16F2N4O2S. The Balaban J connectivity index is 1.60. The van der Waals surface area contributed by atoms with Gasteiger partial charge in [0.25, 0.3) is 11.5 Å². The van der Waals surface area contributed by atoms with Crippen molar-refractivity contribution in [1.29, 1.82) is 0 Å². The zero-order valence-corrected chi connectivity index (χ0v) is 16.7. The van der Waals surface area contributed by atoms with Gasteiger partial charge in [-0.3, -0.25) is 9.59 Å². The first kappa shape index (κ1) is 19.8. The highest BCUT2D eigenvalue weighted by Gasteiger charge is 2.19. The molecule has 0 bridgehead atoms. The maximum atomic E-state index is 13.8.